The number of carbonyl (C=O) groups excluding carboxylic acids is 1. The van der Waals surface area contributed by atoms with E-state index in [0.29, 0.717) is 0 Å². The smallest absolute Gasteiger partial charge is 0.372 e. The number of ether oxygens (including phenoxy) is 1. The van der Waals surface area contributed by atoms with E-state index in [1.807, 2.05) is 19.1 Å². The summed E-state index contributed by atoms with van der Waals surface area (Å²) in [6, 6.07) is 3.90. The molecule has 0 saturated heterocycles. The molecule has 1 rings (SSSR count). The Morgan fingerprint density at radius 1 is 1.64 bits per heavy atom. The average molecular weight is 188 g/mol. The molecule has 0 bridgehead atoms. The summed E-state index contributed by atoms with van der Waals surface area (Å²) in [5, 5.41) is -0.258. The van der Waals surface area contributed by atoms with Crippen LogP contribution in [0.1, 0.15) is 4.88 Å². The van der Waals surface area contributed by atoms with Crippen LogP contribution in [-0.4, -0.2) is 12.4 Å². The third kappa shape index (κ3) is 2.55. The van der Waals surface area contributed by atoms with E-state index in [9.17, 15) is 4.79 Å². The zero-order valence-electron chi connectivity index (χ0n) is 6.29. The van der Waals surface area contributed by atoms with Gasteiger partial charge in [-0.15, -0.1) is 11.3 Å². The highest BCUT2D eigenvalue weighted by Gasteiger charge is 2.04. The van der Waals surface area contributed by atoms with E-state index in [1.165, 1.54) is 12.0 Å². The highest BCUT2D eigenvalue weighted by Crippen LogP contribution is 2.27. The molecule has 2 nitrogen and oxygen atoms in total. The molecule has 0 atom stereocenters. The largest absolute Gasteiger partial charge is 0.461 e. The topological polar surface area (TPSA) is 26.3 Å². The number of thiophene rings is 1. The van der Waals surface area contributed by atoms with E-state index in [-0.39, 0.29) is 5.30 Å². The van der Waals surface area contributed by atoms with Crippen molar-refractivity contribution < 1.29 is 9.53 Å². The lowest BCUT2D eigenvalue weighted by Gasteiger charge is -1.92. The summed E-state index contributed by atoms with van der Waals surface area (Å²) in [5.74, 6) is 0. The maximum absolute atomic E-state index is 10.7. The van der Waals surface area contributed by atoms with Crippen LogP contribution >= 0.6 is 23.1 Å². The molecule has 60 valence electrons. The lowest BCUT2D eigenvalue weighted by Crippen LogP contribution is -1.87. The second-order valence-corrected chi connectivity index (χ2v) is 4.44. The third-order valence-corrected chi connectivity index (χ3v) is 3.03. The van der Waals surface area contributed by atoms with Crippen LogP contribution in [0.15, 0.2) is 16.3 Å². The molecule has 1 aromatic heterocycles. The molecule has 0 aliphatic carbocycles. The number of hydrogen-bond acceptors (Lipinski definition) is 4. The van der Waals surface area contributed by atoms with Crippen molar-refractivity contribution >= 4 is 28.4 Å². The Kier molecular flexibility index (Phi) is 2.96. The minimum absolute atomic E-state index is 0.258. The molecule has 0 unspecified atom stereocenters. The van der Waals surface area contributed by atoms with E-state index in [2.05, 4.69) is 4.74 Å². The van der Waals surface area contributed by atoms with Gasteiger partial charge in [-0.3, -0.25) is 0 Å². The molecule has 0 fully saturated rings. The molecule has 1 heterocycles. The SMILES string of the molecule is COC(=O)Sc1ccc(C)s1. The van der Waals surface area contributed by atoms with Crippen molar-refractivity contribution in [3.05, 3.63) is 17.0 Å². The predicted molar refractivity (Wildman–Crippen MR) is 47.3 cm³/mol. The van der Waals surface area contributed by atoms with Gasteiger partial charge in [-0.05, 0) is 19.1 Å². The van der Waals surface area contributed by atoms with Crippen molar-refractivity contribution in [3.8, 4) is 0 Å². The Labute approximate surface area is 73.6 Å². The number of hydrogen-bond donors (Lipinski definition) is 0. The minimum Gasteiger partial charge on any atom is -0.461 e. The molecule has 0 spiro atoms. The van der Waals surface area contributed by atoms with Gasteiger partial charge in [0.2, 0.25) is 0 Å². The fourth-order valence-electron chi connectivity index (χ4n) is 0.591. The van der Waals surface area contributed by atoms with Crippen molar-refractivity contribution in [3.63, 3.8) is 0 Å². The van der Waals surface area contributed by atoms with E-state index in [4.69, 9.17) is 0 Å². The van der Waals surface area contributed by atoms with E-state index in [1.54, 1.807) is 11.3 Å². The molecule has 4 heteroatoms. The van der Waals surface area contributed by atoms with Gasteiger partial charge in [-0.1, -0.05) is 0 Å². The molecule has 11 heavy (non-hydrogen) atoms. The Morgan fingerprint density at radius 3 is 2.82 bits per heavy atom. The van der Waals surface area contributed by atoms with Crippen LogP contribution in [0.3, 0.4) is 0 Å². The average Bonchev–Trinajstić information content (AvgIpc) is 2.35. The van der Waals surface area contributed by atoms with Crippen LogP contribution in [0.4, 0.5) is 4.79 Å². The second kappa shape index (κ2) is 3.78. The van der Waals surface area contributed by atoms with Gasteiger partial charge < -0.3 is 4.74 Å². The van der Waals surface area contributed by atoms with Crippen LogP contribution in [0, 0.1) is 6.92 Å². The number of methoxy groups -OCH3 is 1. The lowest BCUT2D eigenvalue weighted by molar-refractivity contribution is 0.200. The van der Waals surface area contributed by atoms with Crippen molar-refractivity contribution in [1.82, 2.24) is 0 Å². The summed E-state index contributed by atoms with van der Waals surface area (Å²) in [5.41, 5.74) is 0. The van der Waals surface area contributed by atoms with Gasteiger partial charge in [-0.25, -0.2) is 4.79 Å². The van der Waals surface area contributed by atoms with Crippen molar-refractivity contribution in [2.75, 3.05) is 7.11 Å². The first kappa shape index (κ1) is 8.62. The van der Waals surface area contributed by atoms with E-state index in [0.717, 1.165) is 16.0 Å². The standard InChI is InChI=1S/C7H8O2S2/c1-5-3-4-6(10-5)11-7(8)9-2/h3-4H,1-2H3. The molecule has 0 aliphatic heterocycles. The first-order valence-electron chi connectivity index (χ1n) is 3.04. The van der Waals surface area contributed by atoms with E-state index >= 15 is 0 Å². The summed E-state index contributed by atoms with van der Waals surface area (Å²) in [4.78, 5) is 11.9. The Hall–Kier alpha value is -0.480. The van der Waals surface area contributed by atoms with Gasteiger partial charge in [0, 0.05) is 16.6 Å². The molecule has 0 aliphatic rings. The monoisotopic (exact) mass is 188 g/mol. The minimum atomic E-state index is -0.258. The summed E-state index contributed by atoms with van der Waals surface area (Å²) in [6.07, 6.45) is 0. The van der Waals surface area contributed by atoms with Crippen molar-refractivity contribution in [1.29, 1.82) is 0 Å². The van der Waals surface area contributed by atoms with Gasteiger partial charge in [0.15, 0.2) is 0 Å². The quantitative estimate of drug-likeness (QED) is 0.500. The van der Waals surface area contributed by atoms with Crippen molar-refractivity contribution in [2.45, 2.75) is 11.1 Å². The van der Waals surface area contributed by atoms with Gasteiger partial charge in [0.1, 0.15) is 0 Å². The van der Waals surface area contributed by atoms with Crippen LogP contribution in [0.5, 0.6) is 0 Å². The Morgan fingerprint density at radius 2 is 2.36 bits per heavy atom. The summed E-state index contributed by atoms with van der Waals surface area (Å²) in [6.45, 7) is 2.01. The zero-order chi connectivity index (χ0) is 8.27. The fourth-order valence-corrected chi connectivity index (χ4v) is 2.33. The zero-order valence-corrected chi connectivity index (χ0v) is 7.92. The number of rotatable bonds is 1. The Bertz CT molecular complexity index is 255. The fraction of sp³-hybridized carbons (Fsp3) is 0.286. The lowest BCUT2D eigenvalue weighted by atomic mass is 10.5. The number of aryl methyl sites for hydroxylation is 1. The molecule has 1 aromatic rings. The molecule has 0 aromatic carbocycles. The predicted octanol–water partition coefficient (Wildman–Crippen LogP) is 2.92. The van der Waals surface area contributed by atoms with Crippen LogP contribution in [0.2, 0.25) is 0 Å². The molecule has 0 N–H and O–H groups in total. The van der Waals surface area contributed by atoms with E-state index < -0.39 is 0 Å². The third-order valence-electron chi connectivity index (χ3n) is 1.07. The normalized spacial score (nSPS) is 9.64. The first-order chi connectivity index (χ1) is 5.22. The molecule has 0 saturated carbocycles. The van der Waals surface area contributed by atoms with Gasteiger partial charge in [0.05, 0.1) is 11.3 Å². The van der Waals surface area contributed by atoms with Crippen LogP contribution < -0.4 is 0 Å². The van der Waals surface area contributed by atoms with Crippen molar-refractivity contribution in [2.24, 2.45) is 0 Å². The van der Waals surface area contributed by atoms with Crippen LogP contribution in [0.25, 0.3) is 0 Å². The van der Waals surface area contributed by atoms with Crippen LogP contribution in [-0.2, 0) is 4.74 Å². The van der Waals surface area contributed by atoms with Gasteiger partial charge in [0.25, 0.3) is 0 Å². The maximum atomic E-state index is 10.7. The Balaban J connectivity index is 2.57. The summed E-state index contributed by atoms with van der Waals surface area (Å²) < 4.78 is 5.47. The second-order valence-electron chi connectivity index (χ2n) is 1.92. The number of carbonyl (C=O) groups is 1. The summed E-state index contributed by atoms with van der Waals surface area (Å²) in [7, 11) is 1.38. The highest BCUT2D eigenvalue weighted by atomic mass is 32.2. The molecule has 0 radical (unpaired) electrons. The first-order valence-corrected chi connectivity index (χ1v) is 4.68. The summed E-state index contributed by atoms with van der Waals surface area (Å²) >= 11 is 2.72. The molecule has 0 amide bonds. The molecular formula is C7H8O2S2. The van der Waals surface area contributed by atoms with Gasteiger partial charge in [-0.2, -0.15) is 0 Å². The molecular weight excluding hydrogens is 180 g/mol. The van der Waals surface area contributed by atoms with Gasteiger partial charge >= 0.3 is 5.30 Å². The highest BCUT2D eigenvalue weighted by molar-refractivity contribution is 8.14. The number of thioether (sulfide) groups is 1. The maximum Gasteiger partial charge on any atom is 0.372 e.